The third-order valence-corrected chi connectivity index (χ3v) is 9.59. The molecular formula is C36H41N3O4S. The average molecular weight is 612 g/mol. The number of hydrogen-bond acceptors (Lipinski definition) is 4. The molecule has 0 saturated carbocycles. The van der Waals surface area contributed by atoms with Crippen LogP contribution in [0.3, 0.4) is 0 Å². The van der Waals surface area contributed by atoms with Crippen LogP contribution in [0.2, 0.25) is 0 Å². The van der Waals surface area contributed by atoms with E-state index in [-0.39, 0.29) is 29.8 Å². The van der Waals surface area contributed by atoms with E-state index in [1.54, 1.807) is 30.3 Å². The monoisotopic (exact) mass is 611 g/mol. The number of nitrogens with zero attached hydrogens (tertiary/aromatic N) is 2. The maximum absolute atomic E-state index is 14.5. The highest BCUT2D eigenvalue weighted by molar-refractivity contribution is 7.92. The molecule has 7 nitrogen and oxygen atoms in total. The van der Waals surface area contributed by atoms with Gasteiger partial charge in [-0.1, -0.05) is 97.4 Å². The van der Waals surface area contributed by atoms with Crippen molar-refractivity contribution in [3.05, 3.63) is 131 Å². The van der Waals surface area contributed by atoms with Crippen LogP contribution in [-0.4, -0.2) is 43.8 Å². The maximum Gasteiger partial charge on any atom is 0.264 e. The van der Waals surface area contributed by atoms with Gasteiger partial charge in [-0.25, -0.2) is 8.42 Å². The Balaban J connectivity index is 1.80. The third-order valence-electron chi connectivity index (χ3n) is 7.81. The van der Waals surface area contributed by atoms with E-state index < -0.39 is 28.5 Å². The van der Waals surface area contributed by atoms with Crippen LogP contribution in [0.15, 0.2) is 114 Å². The second-order valence-electron chi connectivity index (χ2n) is 11.1. The Hall–Kier alpha value is -4.43. The average Bonchev–Trinajstić information content (AvgIpc) is 3.03. The summed E-state index contributed by atoms with van der Waals surface area (Å²) in [5, 5.41) is 3.07. The second-order valence-corrected chi connectivity index (χ2v) is 13.0. The summed E-state index contributed by atoms with van der Waals surface area (Å²) in [7, 11) is -4.12. The van der Waals surface area contributed by atoms with E-state index in [9.17, 15) is 18.0 Å². The minimum Gasteiger partial charge on any atom is -0.352 e. The van der Waals surface area contributed by atoms with Gasteiger partial charge in [0.1, 0.15) is 12.6 Å². The van der Waals surface area contributed by atoms with Crippen molar-refractivity contribution in [2.75, 3.05) is 10.8 Å². The van der Waals surface area contributed by atoms with Crippen molar-refractivity contribution in [2.45, 2.75) is 64.1 Å². The van der Waals surface area contributed by atoms with E-state index in [2.05, 4.69) is 5.32 Å². The lowest BCUT2D eigenvalue weighted by Gasteiger charge is -2.34. The molecule has 0 aliphatic carbocycles. The number of benzene rings is 4. The molecule has 0 saturated heterocycles. The Morgan fingerprint density at radius 2 is 1.39 bits per heavy atom. The highest BCUT2D eigenvalue weighted by Gasteiger charge is 2.35. The van der Waals surface area contributed by atoms with Gasteiger partial charge >= 0.3 is 0 Å². The molecule has 44 heavy (non-hydrogen) atoms. The molecule has 0 fully saturated rings. The summed E-state index contributed by atoms with van der Waals surface area (Å²) >= 11 is 0. The van der Waals surface area contributed by atoms with Crippen molar-refractivity contribution >= 4 is 27.5 Å². The smallest absolute Gasteiger partial charge is 0.264 e. The van der Waals surface area contributed by atoms with Gasteiger partial charge in [-0.15, -0.1) is 0 Å². The molecule has 2 unspecified atom stereocenters. The van der Waals surface area contributed by atoms with Gasteiger partial charge in [-0.3, -0.25) is 13.9 Å². The number of carbonyl (C=O) groups is 2. The number of hydrogen-bond donors (Lipinski definition) is 1. The predicted octanol–water partition coefficient (Wildman–Crippen LogP) is 6.05. The first-order valence-electron chi connectivity index (χ1n) is 14.9. The molecule has 4 aromatic rings. The van der Waals surface area contributed by atoms with Gasteiger partial charge in [0, 0.05) is 19.0 Å². The van der Waals surface area contributed by atoms with Crippen molar-refractivity contribution in [1.29, 1.82) is 0 Å². The first-order valence-corrected chi connectivity index (χ1v) is 16.4. The largest absolute Gasteiger partial charge is 0.352 e. The molecule has 0 spiro atoms. The van der Waals surface area contributed by atoms with Gasteiger partial charge in [0.15, 0.2) is 0 Å². The van der Waals surface area contributed by atoms with Crippen LogP contribution in [0.25, 0.3) is 0 Å². The Bertz CT molecular complexity index is 1640. The molecule has 2 atom stereocenters. The van der Waals surface area contributed by atoms with Crippen molar-refractivity contribution in [1.82, 2.24) is 10.2 Å². The molecule has 0 aliphatic rings. The number of amides is 2. The molecule has 0 heterocycles. The van der Waals surface area contributed by atoms with E-state index in [1.807, 2.05) is 94.4 Å². The predicted molar refractivity (Wildman–Crippen MR) is 176 cm³/mol. The van der Waals surface area contributed by atoms with Gasteiger partial charge < -0.3 is 10.2 Å². The van der Waals surface area contributed by atoms with Crippen LogP contribution in [0, 0.1) is 13.8 Å². The zero-order valence-electron chi connectivity index (χ0n) is 25.8. The van der Waals surface area contributed by atoms with Gasteiger partial charge in [-0.2, -0.15) is 0 Å². The van der Waals surface area contributed by atoms with Gasteiger partial charge in [-0.05, 0) is 68.1 Å². The third kappa shape index (κ3) is 8.14. The molecule has 0 aliphatic heterocycles. The van der Waals surface area contributed by atoms with Crippen molar-refractivity contribution in [3.8, 4) is 0 Å². The maximum atomic E-state index is 14.5. The number of sulfonamides is 1. The first kappa shape index (κ1) is 32.5. The van der Waals surface area contributed by atoms with E-state index in [4.69, 9.17) is 0 Å². The number of rotatable bonds is 13. The SMILES string of the molecule is CCC(C)NC(=O)C(Cc1ccccc1)N(Cc1ccccc1C)C(=O)CN(c1ccc(C)cc1)S(=O)(=O)c1ccccc1. The molecule has 0 aromatic heterocycles. The highest BCUT2D eigenvalue weighted by atomic mass is 32.2. The molecule has 4 aromatic carbocycles. The molecule has 230 valence electrons. The number of aryl methyl sites for hydroxylation is 2. The zero-order chi connectivity index (χ0) is 31.7. The van der Waals surface area contributed by atoms with Crippen LogP contribution in [0.1, 0.15) is 42.5 Å². The van der Waals surface area contributed by atoms with Crippen molar-refractivity contribution in [2.24, 2.45) is 0 Å². The summed E-state index contributed by atoms with van der Waals surface area (Å²) in [6, 6.07) is 31.4. The van der Waals surface area contributed by atoms with E-state index >= 15 is 0 Å². The Morgan fingerprint density at radius 1 is 0.795 bits per heavy atom. The Kier molecular flexibility index (Phi) is 11.0. The second kappa shape index (κ2) is 14.8. The van der Waals surface area contributed by atoms with Gasteiger partial charge in [0.25, 0.3) is 10.0 Å². The fourth-order valence-electron chi connectivity index (χ4n) is 4.93. The van der Waals surface area contributed by atoms with Crippen LogP contribution in [0.4, 0.5) is 5.69 Å². The fourth-order valence-corrected chi connectivity index (χ4v) is 6.36. The topological polar surface area (TPSA) is 86.8 Å². The van der Waals surface area contributed by atoms with Crippen LogP contribution in [-0.2, 0) is 32.6 Å². The number of nitrogens with one attached hydrogen (secondary N) is 1. The molecular weight excluding hydrogens is 570 g/mol. The number of carbonyl (C=O) groups excluding carboxylic acids is 2. The van der Waals surface area contributed by atoms with Crippen LogP contribution < -0.4 is 9.62 Å². The minimum absolute atomic E-state index is 0.0779. The molecule has 0 radical (unpaired) electrons. The Morgan fingerprint density at radius 3 is 2.00 bits per heavy atom. The normalized spacial score (nSPS) is 12.6. The summed E-state index contributed by atoms with van der Waals surface area (Å²) in [5.74, 6) is -0.758. The summed E-state index contributed by atoms with van der Waals surface area (Å²) in [6.45, 7) is 7.46. The molecule has 1 N–H and O–H groups in total. The van der Waals surface area contributed by atoms with Crippen LogP contribution in [0.5, 0.6) is 0 Å². The lowest BCUT2D eigenvalue weighted by molar-refractivity contribution is -0.140. The van der Waals surface area contributed by atoms with E-state index in [0.717, 1.165) is 33.0 Å². The molecule has 2 amide bonds. The zero-order valence-corrected chi connectivity index (χ0v) is 26.6. The number of anilines is 1. The van der Waals surface area contributed by atoms with Crippen LogP contribution >= 0.6 is 0 Å². The Labute approximate surface area is 261 Å². The standard InChI is InChI=1S/C36H41N3O4S/c1-5-29(4)37-36(41)34(24-30-15-8-6-9-16-30)38(25-31-17-13-12-14-28(31)3)35(40)26-39(32-22-20-27(2)21-23-32)44(42,43)33-18-10-7-11-19-33/h6-23,29,34H,5,24-26H2,1-4H3,(H,37,41). The van der Waals surface area contributed by atoms with Gasteiger partial charge in [0.2, 0.25) is 11.8 Å². The first-order chi connectivity index (χ1) is 21.1. The summed E-state index contributed by atoms with van der Waals surface area (Å²) in [5.41, 5.74) is 4.07. The summed E-state index contributed by atoms with van der Waals surface area (Å²) in [4.78, 5) is 30.0. The van der Waals surface area contributed by atoms with Crippen molar-refractivity contribution < 1.29 is 18.0 Å². The highest BCUT2D eigenvalue weighted by Crippen LogP contribution is 2.26. The molecule has 8 heteroatoms. The molecule has 4 rings (SSSR count). The fraction of sp³-hybridized carbons (Fsp3) is 0.278. The van der Waals surface area contributed by atoms with E-state index in [0.29, 0.717) is 5.69 Å². The van der Waals surface area contributed by atoms with E-state index in [1.165, 1.54) is 17.0 Å². The van der Waals surface area contributed by atoms with Gasteiger partial charge in [0.05, 0.1) is 10.6 Å². The lowest BCUT2D eigenvalue weighted by atomic mass is 10.0. The lowest BCUT2D eigenvalue weighted by Crippen LogP contribution is -2.54. The quantitative estimate of drug-likeness (QED) is 0.199. The summed E-state index contributed by atoms with van der Waals surface area (Å²) < 4.78 is 29.2. The minimum atomic E-state index is -4.12. The van der Waals surface area contributed by atoms with Crippen molar-refractivity contribution in [3.63, 3.8) is 0 Å². The molecule has 0 bridgehead atoms. The summed E-state index contributed by atoms with van der Waals surface area (Å²) in [6.07, 6.45) is 1.00.